The summed E-state index contributed by atoms with van der Waals surface area (Å²) in [5.74, 6) is 0.879. The van der Waals surface area contributed by atoms with E-state index in [1.165, 1.54) is 11.8 Å². The third-order valence-corrected chi connectivity index (χ3v) is 4.47. The Kier molecular flexibility index (Phi) is 4.70. The minimum Gasteiger partial charge on any atom is -0.495 e. The lowest BCUT2D eigenvalue weighted by molar-refractivity contribution is -0.113. The summed E-state index contributed by atoms with van der Waals surface area (Å²) in [6, 6.07) is 9.11. The fourth-order valence-electron chi connectivity index (χ4n) is 1.49. The van der Waals surface area contributed by atoms with Gasteiger partial charge in [-0.05, 0) is 29.6 Å². The van der Waals surface area contributed by atoms with Gasteiger partial charge >= 0.3 is 0 Å². The molecule has 0 saturated heterocycles. The van der Waals surface area contributed by atoms with Crippen molar-refractivity contribution in [2.45, 2.75) is 4.21 Å². The summed E-state index contributed by atoms with van der Waals surface area (Å²) >= 11 is 3.13. The maximum absolute atomic E-state index is 11.9. The number of carbonyl (C=O) groups is 1. The Bertz CT molecular complexity index is 556. The average molecular weight is 294 g/mol. The molecule has 2 aromatic rings. The van der Waals surface area contributed by atoms with Gasteiger partial charge < -0.3 is 15.8 Å². The summed E-state index contributed by atoms with van der Waals surface area (Å²) < 4.78 is 6.30. The van der Waals surface area contributed by atoms with Crippen LogP contribution in [0.5, 0.6) is 5.75 Å². The first kappa shape index (κ1) is 13.8. The van der Waals surface area contributed by atoms with Gasteiger partial charge in [-0.25, -0.2) is 0 Å². The highest BCUT2D eigenvalue weighted by Crippen LogP contribution is 2.27. The van der Waals surface area contributed by atoms with Gasteiger partial charge in [-0.3, -0.25) is 4.79 Å². The predicted molar refractivity (Wildman–Crippen MR) is 81.1 cm³/mol. The van der Waals surface area contributed by atoms with E-state index in [-0.39, 0.29) is 5.91 Å². The van der Waals surface area contributed by atoms with Crippen molar-refractivity contribution in [3.8, 4) is 5.75 Å². The first-order valence-electron chi connectivity index (χ1n) is 5.58. The molecule has 0 atom stereocenters. The zero-order valence-corrected chi connectivity index (χ0v) is 12.0. The molecule has 0 saturated carbocycles. The van der Waals surface area contributed by atoms with Gasteiger partial charge in [-0.1, -0.05) is 6.07 Å². The third-order valence-electron chi connectivity index (χ3n) is 2.34. The largest absolute Gasteiger partial charge is 0.495 e. The number of ether oxygens (including phenoxy) is 1. The number of carbonyl (C=O) groups excluding carboxylic acids is 1. The van der Waals surface area contributed by atoms with E-state index in [0.29, 0.717) is 22.9 Å². The van der Waals surface area contributed by atoms with Crippen molar-refractivity contribution in [2.24, 2.45) is 0 Å². The van der Waals surface area contributed by atoms with E-state index >= 15 is 0 Å². The summed E-state index contributed by atoms with van der Waals surface area (Å²) in [7, 11) is 1.56. The van der Waals surface area contributed by atoms with E-state index in [2.05, 4.69) is 5.32 Å². The average Bonchev–Trinajstić information content (AvgIpc) is 2.90. The Morgan fingerprint density at radius 1 is 1.47 bits per heavy atom. The molecule has 1 heterocycles. The second-order valence-corrected chi connectivity index (χ2v) is 5.95. The second kappa shape index (κ2) is 6.49. The number of nitrogen functional groups attached to an aromatic ring is 1. The normalized spacial score (nSPS) is 10.2. The molecule has 0 radical (unpaired) electrons. The van der Waals surface area contributed by atoms with Crippen LogP contribution in [0.2, 0.25) is 0 Å². The minimum absolute atomic E-state index is 0.0812. The van der Waals surface area contributed by atoms with Gasteiger partial charge in [0.1, 0.15) is 5.75 Å². The number of rotatable bonds is 5. The summed E-state index contributed by atoms with van der Waals surface area (Å²) in [6.07, 6.45) is 0. The highest BCUT2D eigenvalue weighted by atomic mass is 32.2. The van der Waals surface area contributed by atoms with Crippen LogP contribution in [-0.4, -0.2) is 18.8 Å². The number of anilines is 2. The van der Waals surface area contributed by atoms with Crippen molar-refractivity contribution >= 4 is 40.4 Å². The molecule has 0 unspecified atom stereocenters. The summed E-state index contributed by atoms with van der Waals surface area (Å²) in [6.45, 7) is 0. The maximum Gasteiger partial charge on any atom is 0.234 e. The minimum atomic E-state index is -0.0812. The Hall–Kier alpha value is -1.66. The zero-order valence-electron chi connectivity index (χ0n) is 10.4. The van der Waals surface area contributed by atoms with Crippen LogP contribution in [0, 0.1) is 0 Å². The molecule has 19 heavy (non-hydrogen) atoms. The van der Waals surface area contributed by atoms with Crippen LogP contribution in [0.4, 0.5) is 11.4 Å². The number of nitrogens with two attached hydrogens (primary N) is 1. The fraction of sp³-hybridized carbons (Fsp3) is 0.154. The van der Waals surface area contributed by atoms with Crippen molar-refractivity contribution in [1.82, 2.24) is 0 Å². The molecular weight excluding hydrogens is 280 g/mol. The first-order valence-corrected chi connectivity index (χ1v) is 7.45. The van der Waals surface area contributed by atoms with Crippen LogP contribution in [0.1, 0.15) is 0 Å². The van der Waals surface area contributed by atoms with Crippen LogP contribution in [0.15, 0.2) is 39.9 Å². The smallest absolute Gasteiger partial charge is 0.234 e. The molecule has 1 aromatic carbocycles. The van der Waals surface area contributed by atoms with Crippen LogP contribution in [0.3, 0.4) is 0 Å². The van der Waals surface area contributed by atoms with Crippen molar-refractivity contribution in [3.63, 3.8) is 0 Å². The molecule has 100 valence electrons. The van der Waals surface area contributed by atoms with Gasteiger partial charge in [0.25, 0.3) is 0 Å². The molecule has 0 bridgehead atoms. The lowest BCUT2D eigenvalue weighted by Gasteiger charge is -2.10. The van der Waals surface area contributed by atoms with E-state index in [1.807, 2.05) is 17.5 Å². The van der Waals surface area contributed by atoms with Crippen LogP contribution in [0.25, 0.3) is 0 Å². The molecular formula is C13H14N2O2S2. The van der Waals surface area contributed by atoms with E-state index in [9.17, 15) is 4.79 Å². The molecule has 0 fully saturated rings. The quantitative estimate of drug-likeness (QED) is 0.657. The molecule has 4 nitrogen and oxygen atoms in total. The topological polar surface area (TPSA) is 64.3 Å². The molecule has 2 rings (SSSR count). The Balaban J connectivity index is 1.96. The number of thiophene rings is 1. The number of methoxy groups -OCH3 is 1. The second-order valence-electron chi connectivity index (χ2n) is 3.73. The number of hydrogen-bond donors (Lipinski definition) is 2. The van der Waals surface area contributed by atoms with Crippen molar-refractivity contribution in [3.05, 3.63) is 35.7 Å². The summed E-state index contributed by atoms with van der Waals surface area (Å²) in [5.41, 5.74) is 6.88. The van der Waals surface area contributed by atoms with E-state index in [0.717, 1.165) is 4.21 Å². The number of benzene rings is 1. The van der Waals surface area contributed by atoms with Gasteiger partial charge in [0.05, 0.1) is 22.8 Å². The lowest BCUT2D eigenvalue weighted by Crippen LogP contribution is -2.14. The number of hydrogen-bond acceptors (Lipinski definition) is 5. The first-order chi connectivity index (χ1) is 9.19. The van der Waals surface area contributed by atoms with Gasteiger partial charge in [0.2, 0.25) is 5.91 Å². The van der Waals surface area contributed by atoms with E-state index < -0.39 is 0 Å². The Labute approximate surface area is 120 Å². The van der Waals surface area contributed by atoms with Crippen molar-refractivity contribution < 1.29 is 9.53 Å². The SMILES string of the molecule is COc1ccc(N)cc1NC(=O)CSc1cccs1. The summed E-state index contributed by atoms with van der Waals surface area (Å²) in [5, 5.41) is 4.79. The van der Waals surface area contributed by atoms with Gasteiger partial charge in [0, 0.05) is 5.69 Å². The number of thioether (sulfide) groups is 1. The van der Waals surface area contributed by atoms with Gasteiger partial charge in [-0.2, -0.15) is 0 Å². The molecule has 0 aliphatic heterocycles. The summed E-state index contributed by atoms with van der Waals surface area (Å²) in [4.78, 5) is 11.9. The molecule has 0 aliphatic carbocycles. The van der Waals surface area contributed by atoms with Crippen molar-refractivity contribution in [1.29, 1.82) is 0 Å². The number of amides is 1. The van der Waals surface area contributed by atoms with Gasteiger partial charge in [0.15, 0.2) is 0 Å². The monoisotopic (exact) mass is 294 g/mol. The molecule has 0 aliphatic rings. The third kappa shape index (κ3) is 3.90. The Morgan fingerprint density at radius 2 is 2.32 bits per heavy atom. The zero-order chi connectivity index (χ0) is 13.7. The van der Waals surface area contributed by atoms with Crippen LogP contribution in [-0.2, 0) is 4.79 Å². The van der Waals surface area contributed by atoms with E-state index in [4.69, 9.17) is 10.5 Å². The standard InChI is InChI=1S/C13H14N2O2S2/c1-17-11-5-4-9(14)7-10(11)15-12(16)8-19-13-3-2-6-18-13/h2-7H,8,14H2,1H3,(H,15,16). The highest BCUT2D eigenvalue weighted by molar-refractivity contribution is 8.01. The molecule has 1 aromatic heterocycles. The molecule has 6 heteroatoms. The predicted octanol–water partition coefficient (Wildman–Crippen LogP) is 3.07. The van der Waals surface area contributed by atoms with Crippen LogP contribution < -0.4 is 15.8 Å². The van der Waals surface area contributed by atoms with Crippen molar-refractivity contribution in [2.75, 3.05) is 23.9 Å². The van der Waals surface area contributed by atoms with E-state index in [1.54, 1.807) is 36.6 Å². The Morgan fingerprint density at radius 3 is 3.00 bits per heavy atom. The molecule has 0 spiro atoms. The van der Waals surface area contributed by atoms with Crippen LogP contribution >= 0.6 is 23.1 Å². The maximum atomic E-state index is 11.9. The van der Waals surface area contributed by atoms with Gasteiger partial charge in [-0.15, -0.1) is 23.1 Å². The molecule has 1 amide bonds. The highest BCUT2D eigenvalue weighted by Gasteiger charge is 2.08. The lowest BCUT2D eigenvalue weighted by atomic mass is 10.2. The number of nitrogens with one attached hydrogen (secondary N) is 1. The fourth-order valence-corrected chi connectivity index (χ4v) is 3.08. The molecule has 3 N–H and O–H groups in total.